The number of para-hydroxylation sites is 1. The Morgan fingerprint density at radius 3 is 2.86 bits per heavy atom. The van der Waals surface area contributed by atoms with Gasteiger partial charge in [-0.25, -0.2) is 0 Å². The highest BCUT2D eigenvalue weighted by Gasteiger charge is 2.25. The number of benzene rings is 1. The molecule has 2 rings (SSSR count). The molecular weight excluding hydrogens is 268 g/mol. The molecule has 2 atom stereocenters. The van der Waals surface area contributed by atoms with Crippen molar-refractivity contribution in [2.24, 2.45) is 5.92 Å². The Hall–Kier alpha value is -2.04. The minimum Gasteiger partial charge on any atom is -0.481 e. The lowest BCUT2D eigenvalue weighted by Crippen LogP contribution is -2.39. The van der Waals surface area contributed by atoms with Gasteiger partial charge in [-0.15, -0.1) is 0 Å². The van der Waals surface area contributed by atoms with Gasteiger partial charge in [0.05, 0.1) is 0 Å². The third kappa shape index (κ3) is 4.48. The van der Waals surface area contributed by atoms with Crippen molar-refractivity contribution in [2.45, 2.75) is 38.6 Å². The maximum Gasteiger partial charge on any atom is 0.303 e. The van der Waals surface area contributed by atoms with Crippen LogP contribution in [0.1, 0.15) is 31.7 Å². The fraction of sp³-hybridized carbons (Fsp3) is 0.500. The van der Waals surface area contributed by atoms with E-state index in [1.54, 1.807) is 0 Å². The predicted molar refractivity (Wildman–Crippen MR) is 81.2 cm³/mol. The number of hydrogen-bond donors (Lipinski definition) is 3. The molecule has 0 saturated heterocycles. The number of carboxylic acids is 1. The summed E-state index contributed by atoms with van der Waals surface area (Å²) in [5.41, 5.74) is 2.21. The average Bonchev–Trinajstić information content (AvgIpc) is 2.89. The van der Waals surface area contributed by atoms with Crippen molar-refractivity contribution in [1.29, 1.82) is 0 Å². The summed E-state index contributed by atoms with van der Waals surface area (Å²) in [6.07, 6.45) is 2.36. The van der Waals surface area contributed by atoms with Gasteiger partial charge in [0.2, 0.25) is 5.91 Å². The maximum atomic E-state index is 12.1. The molecule has 1 amide bonds. The first kappa shape index (κ1) is 15.4. The standard InChI is InChI=1S/C16H22N2O3/c1-11(6-7-15(19)20)8-9-17-16(21)14-10-12-4-2-3-5-13(12)18-14/h2-5,11,14,18H,6-10H2,1H3,(H,17,21)(H,19,20). The smallest absolute Gasteiger partial charge is 0.303 e. The van der Waals surface area contributed by atoms with E-state index in [1.807, 2.05) is 31.2 Å². The molecule has 1 aliphatic rings. The first-order valence-corrected chi connectivity index (χ1v) is 7.40. The molecule has 0 saturated carbocycles. The zero-order valence-electron chi connectivity index (χ0n) is 12.3. The number of carbonyl (C=O) groups is 2. The highest BCUT2D eigenvalue weighted by Crippen LogP contribution is 2.25. The molecule has 5 nitrogen and oxygen atoms in total. The summed E-state index contributed by atoms with van der Waals surface area (Å²) in [4.78, 5) is 22.6. The van der Waals surface area contributed by atoms with Gasteiger partial charge in [0, 0.05) is 25.1 Å². The van der Waals surface area contributed by atoms with Gasteiger partial charge in [0.1, 0.15) is 6.04 Å². The Balaban J connectivity index is 1.68. The highest BCUT2D eigenvalue weighted by molar-refractivity contribution is 5.87. The number of hydrogen-bond acceptors (Lipinski definition) is 3. The summed E-state index contributed by atoms with van der Waals surface area (Å²) in [5, 5.41) is 14.8. The van der Waals surface area contributed by atoms with Crippen LogP contribution in [0.25, 0.3) is 0 Å². The van der Waals surface area contributed by atoms with Crippen LogP contribution in [-0.4, -0.2) is 29.6 Å². The number of aliphatic carboxylic acids is 1. The summed E-state index contributed by atoms with van der Waals surface area (Å²) in [6.45, 7) is 2.60. The molecule has 1 aliphatic heterocycles. The van der Waals surface area contributed by atoms with Gasteiger partial charge in [-0.3, -0.25) is 9.59 Å². The third-order valence-corrected chi connectivity index (χ3v) is 3.87. The van der Waals surface area contributed by atoms with Crippen LogP contribution in [0.2, 0.25) is 0 Å². The van der Waals surface area contributed by atoms with E-state index in [9.17, 15) is 9.59 Å². The third-order valence-electron chi connectivity index (χ3n) is 3.87. The van der Waals surface area contributed by atoms with E-state index in [1.165, 1.54) is 5.56 Å². The van der Waals surface area contributed by atoms with Crippen LogP contribution in [0.4, 0.5) is 5.69 Å². The van der Waals surface area contributed by atoms with Crippen molar-refractivity contribution in [3.8, 4) is 0 Å². The molecule has 3 N–H and O–H groups in total. The van der Waals surface area contributed by atoms with Crippen molar-refractivity contribution in [3.63, 3.8) is 0 Å². The van der Waals surface area contributed by atoms with Gasteiger partial charge in [0.25, 0.3) is 0 Å². The largest absolute Gasteiger partial charge is 0.481 e. The van der Waals surface area contributed by atoms with Crippen molar-refractivity contribution >= 4 is 17.6 Å². The molecule has 0 fully saturated rings. The Labute approximate surface area is 124 Å². The molecule has 5 heteroatoms. The van der Waals surface area contributed by atoms with Crippen LogP contribution < -0.4 is 10.6 Å². The molecule has 0 bridgehead atoms. The SMILES string of the molecule is CC(CCNC(=O)C1Cc2ccccc2N1)CCC(=O)O. The van der Waals surface area contributed by atoms with Crippen LogP contribution in [0.15, 0.2) is 24.3 Å². The van der Waals surface area contributed by atoms with Crippen molar-refractivity contribution < 1.29 is 14.7 Å². The molecule has 2 unspecified atom stereocenters. The van der Waals surface area contributed by atoms with Crippen LogP contribution in [0.5, 0.6) is 0 Å². The summed E-state index contributed by atoms with van der Waals surface area (Å²) < 4.78 is 0. The number of rotatable bonds is 7. The van der Waals surface area contributed by atoms with Gasteiger partial charge in [0.15, 0.2) is 0 Å². The normalized spacial score (nSPS) is 17.7. The summed E-state index contributed by atoms with van der Waals surface area (Å²) in [6, 6.07) is 7.75. The zero-order valence-corrected chi connectivity index (χ0v) is 12.3. The van der Waals surface area contributed by atoms with Crippen LogP contribution in [0, 0.1) is 5.92 Å². The molecule has 0 spiro atoms. The minimum atomic E-state index is -0.765. The van der Waals surface area contributed by atoms with Gasteiger partial charge < -0.3 is 15.7 Å². The summed E-state index contributed by atoms with van der Waals surface area (Å²) >= 11 is 0. The second kappa shape index (κ2) is 7.11. The zero-order chi connectivity index (χ0) is 15.2. The van der Waals surface area contributed by atoms with Gasteiger partial charge in [-0.2, -0.15) is 0 Å². The molecule has 1 aromatic carbocycles. The number of nitrogens with one attached hydrogen (secondary N) is 2. The van der Waals surface area contributed by atoms with Gasteiger partial charge in [-0.1, -0.05) is 25.1 Å². The number of carbonyl (C=O) groups excluding carboxylic acids is 1. The Morgan fingerprint density at radius 1 is 1.38 bits per heavy atom. The number of fused-ring (bicyclic) bond motifs is 1. The monoisotopic (exact) mass is 290 g/mol. The number of amides is 1. The van der Waals surface area contributed by atoms with Crippen LogP contribution in [0.3, 0.4) is 0 Å². The summed E-state index contributed by atoms with van der Waals surface area (Å²) in [7, 11) is 0. The van der Waals surface area contributed by atoms with E-state index in [0.29, 0.717) is 18.9 Å². The van der Waals surface area contributed by atoms with Gasteiger partial charge >= 0.3 is 5.97 Å². The van der Waals surface area contributed by atoms with E-state index in [-0.39, 0.29) is 18.4 Å². The fourth-order valence-corrected chi connectivity index (χ4v) is 2.54. The van der Waals surface area contributed by atoms with Crippen molar-refractivity contribution in [2.75, 3.05) is 11.9 Å². The Kier molecular flexibility index (Phi) is 5.20. The predicted octanol–water partition coefficient (Wildman–Crippen LogP) is 2.03. The second-order valence-electron chi connectivity index (χ2n) is 5.68. The van der Waals surface area contributed by atoms with Crippen molar-refractivity contribution in [1.82, 2.24) is 5.32 Å². The second-order valence-corrected chi connectivity index (χ2v) is 5.68. The first-order chi connectivity index (χ1) is 10.1. The molecule has 1 aromatic rings. The molecule has 0 aliphatic carbocycles. The van der Waals surface area contributed by atoms with E-state index in [2.05, 4.69) is 10.6 Å². The van der Waals surface area contributed by atoms with Crippen molar-refractivity contribution in [3.05, 3.63) is 29.8 Å². The Morgan fingerprint density at radius 2 is 2.14 bits per heavy atom. The van der Waals surface area contributed by atoms with Crippen LogP contribution in [-0.2, 0) is 16.0 Å². The lowest BCUT2D eigenvalue weighted by atomic mass is 10.0. The van der Waals surface area contributed by atoms with E-state index >= 15 is 0 Å². The number of anilines is 1. The Bertz CT molecular complexity index is 491. The topological polar surface area (TPSA) is 78.4 Å². The molecule has 114 valence electrons. The molecule has 21 heavy (non-hydrogen) atoms. The van der Waals surface area contributed by atoms with E-state index in [0.717, 1.165) is 18.5 Å². The minimum absolute atomic E-state index is 0.0108. The van der Waals surface area contributed by atoms with E-state index < -0.39 is 5.97 Å². The molecule has 1 heterocycles. The lowest BCUT2D eigenvalue weighted by molar-refractivity contribution is -0.137. The lowest BCUT2D eigenvalue weighted by Gasteiger charge is -2.14. The average molecular weight is 290 g/mol. The van der Waals surface area contributed by atoms with Crippen LogP contribution >= 0.6 is 0 Å². The summed E-state index contributed by atoms with van der Waals surface area (Å²) in [5.74, 6) is -0.453. The first-order valence-electron chi connectivity index (χ1n) is 7.40. The quantitative estimate of drug-likeness (QED) is 0.718. The fourth-order valence-electron chi connectivity index (χ4n) is 2.54. The highest BCUT2D eigenvalue weighted by atomic mass is 16.4. The van der Waals surface area contributed by atoms with Gasteiger partial charge in [-0.05, 0) is 30.4 Å². The molecular formula is C16H22N2O3. The molecule has 0 aromatic heterocycles. The van der Waals surface area contributed by atoms with E-state index in [4.69, 9.17) is 5.11 Å². The molecule has 0 radical (unpaired) electrons. The number of carboxylic acid groups (broad SMARTS) is 1. The maximum absolute atomic E-state index is 12.1.